The molecule has 38 heavy (non-hydrogen) atoms. The summed E-state index contributed by atoms with van der Waals surface area (Å²) in [7, 11) is 0. The van der Waals surface area contributed by atoms with E-state index >= 15 is 0 Å². The Balaban J connectivity index is 1.24. The number of nitrogens with zero attached hydrogens (tertiary/aromatic N) is 2. The van der Waals surface area contributed by atoms with Gasteiger partial charge in [0.25, 0.3) is 0 Å². The highest BCUT2D eigenvalue weighted by molar-refractivity contribution is 6.19. The quantitative estimate of drug-likeness (QED) is 0.249. The van der Waals surface area contributed by atoms with Crippen molar-refractivity contribution in [2.75, 3.05) is 0 Å². The molecule has 0 N–H and O–H groups in total. The van der Waals surface area contributed by atoms with Crippen molar-refractivity contribution in [2.24, 2.45) is 0 Å². The average molecular weight is 489 g/mol. The molecule has 4 heterocycles. The Morgan fingerprint density at radius 2 is 1.11 bits per heavy atom. The van der Waals surface area contributed by atoms with Gasteiger partial charge in [-0.25, -0.2) is 4.98 Å². The van der Waals surface area contributed by atoms with Crippen molar-refractivity contribution >= 4 is 43.9 Å². The van der Waals surface area contributed by atoms with Gasteiger partial charge in [-0.3, -0.25) is 4.98 Å². The fourth-order valence-electron chi connectivity index (χ4n) is 5.31. The normalized spacial score (nSPS) is 11.7. The molecule has 4 aromatic carbocycles. The molecule has 0 bridgehead atoms. The molecule has 4 nitrogen and oxygen atoms in total. The van der Waals surface area contributed by atoms with E-state index in [4.69, 9.17) is 13.8 Å². The molecule has 0 aliphatic rings. The van der Waals surface area contributed by atoms with Crippen LogP contribution in [0.25, 0.3) is 77.6 Å². The van der Waals surface area contributed by atoms with Crippen molar-refractivity contribution in [1.29, 1.82) is 0 Å². The number of furan rings is 2. The summed E-state index contributed by atoms with van der Waals surface area (Å²) in [5, 5.41) is 4.29. The Morgan fingerprint density at radius 1 is 0.421 bits per heavy atom. The summed E-state index contributed by atoms with van der Waals surface area (Å²) in [6.07, 6.45) is 1.79. The maximum atomic E-state index is 6.32. The van der Waals surface area contributed by atoms with E-state index in [1.807, 2.05) is 60.7 Å². The van der Waals surface area contributed by atoms with Gasteiger partial charge in [0, 0.05) is 33.3 Å². The second-order valence-corrected chi connectivity index (χ2v) is 9.43. The topological polar surface area (TPSA) is 52.1 Å². The number of fused-ring (bicyclic) bond motifs is 7. The number of benzene rings is 4. The lowest BCUT2D eigenvalue weighted by atomic mass is 9.99. The van der Waals surface area contributed by atoms with Gasteiger partial charge in [-0.2, -0.15) is 0 Å². The van der Waals surface area contributed by atoms with Crippen LogP contribution in [0.15, 0.2) is 130 Å². The molecule has 0 aliphatic heterocycles. The summed E-state index contributed by atoms with van der Waals surface area (Å²) in [5.74, 6) is 0. The van der Waals surface area contributed by atoms with E-state index in [-0.39, 0.29) is 0 Å². The monoisotopic (exact) mass is 488 g/mol. The van der Waals surface area contributed by atoms with E-state index in [0.29, 0.717) is 0 Å². The Kier molecular flexibility index (Phi) is 4.49. The molecule has 8 rings (SSSR count). The third-order valence-electron chi connectivity index (χ3n) is 7.15. The molecule has 0 aliphatic carbocycles. The zero-order valence-corrected chi connectivity index (χ0v) is 20.3. The van der Waals surface area contributed by atoms with E-state index in [9.17, 15) is 0 Å². The fourth-order valence-corrected chi connectivity index (χ4v) is 5.31. The molecule has 0 amide bonds. The molecule has 0 spiro atoms. The minimum atomic E-state index is 0.787. The lowest BCUT2D eigenvalue weighted by Crippen LogP contribution is -1.90. The largest absolute Gasteiger partial charge is 0.452 e. The Hall–Kier alpha value is -5.22. The van der Waals surface area contributed by atoms with E-state index in [1.54, 1.807) is 6.20 Å². The summed E-state index contributed by atoms with van der Waals surface area (Å²) in [4.78, 5) is 9.34. The maximum absolute atomic E-state index is 6.32. The van der Waals surface area contributed by atoms with E-state index in [1.165, 1.54) is 0 Å². The molecule has 0 atom stereocenters. The van der Waals surface area contributed by atoms with Crippen LogP contribution in [0.5, 0.6) is 0 Å². The average Bonchev–Trinajstić information content (AvgIpc) is 3.56. The molecule has 0 fully saturated rings. The van der Waals surface area contributed by atoms with Crippen LogP contribution in [0.1, 0.15) is 0 Å². The zero-order valence-electron chi connectivity index (χ0n) is 20.3. The SMILES string of the molecule is c1ccc(-c2cccc(-c3cccc(-c4ccc5oc6c(ccc7c8ccccc8oc76)c5c4)c3)n2)nc1. The number of rotatable bonds is 3. The highest BCUT2D eigenvalue weighted by atomic mass is 16.4. The highest BCUT2D eigenvalue weighted by Crippen LogP contribution is 2.39. The molecule has 4 aromatic heterocycles. The Bertz CT molecular complexity index is 2140. The van der Waals surface area contributed by atoms with E-state index in [2.05, 4.69) is 59.6 Å². The minimum Gasteiger partial charge on any atom is -0.452 e. The van der Waals surface area contributed by atoms with Gasteiger partial charge >= 0.3 is 0 Å². The summed E-state index contributed by atoms with van der Waals surface area (Å²) in [5.41, 5.74) is 9.22. The van der Waals surface area contributed by atoms with E-state index < -0.39 is 0 Å². The summed E-state index contributed by atoms with van der Waals surface area (Å²) >= 11 is 0. The van der Waals surface area contributed by atoms with Gasteiger partial charge < -0.3 is 8.83 Å². The third kappa shape index (κ3) is 3.24. The Labute approximate surface area is 217 Å². The lowest BCUT2D eigenvalue weighted by molar-refractivity contribution is 0.633. The summed E-state index contributed by atoms with van der Waals surface area (Å²) in [6.45, 7) is 0. The van der Waals surface area contributed by atoms with Crippen molar-refractivity contribution < 1.29 is 8.83 Å². The molecule has 8 aromatic rings. The van der Waals surface area contributed by atoms with Gasteiger partial charge in [-0.05, 0) is 71.8 Å². The molecule has 178 valence electrons. The van der Waals surface area contributed by atoms with Crippen LogP contribution in [0.4, 0.5) is 0 Å². The first-order chi connectivity index (χ1) is 18.8. The first-order valence-corrected chi connectivity index (χ1v) is 12.6. The van der Waals surface area contributed by atoms with Gasteiger partial charge in [0.2, 0.25) is 0 Å². The smallest absolute Gasteiger partial charge is 0.178 e. The number of hydrogen-bond donors (Lipinski definition) is 0. The lowest BCUT2D eigenvalue weighted by Gasteiger charge is -2.07. The summed E-state index contributed by atoms with van der Waals surface area (Å²) in [6, 6.07) is 39.2. The second-order valence-electron chi connectivity index (χ2n) is 9.43. The van der Waals surface area contributed by atoms with Crippen LogP contribution < -0.4 is 0 Å². The third-order valence-corrected chi connectivity index (χ3v) is 7.15. The molecule has 0 saturated heterocycles. The van der Waals surface area contributed by atoms with Crippen LogP contribution in [0, 0.1) is 0 Å². The predicted octanol–water partition coefficient (Wildman–Crippen LogP) is 9.28. The Morgan fingerprint density at radius 3 is 1.97 bits per heavy atom. The number of hydrogen-bond acceptors (Lipinski definition) is 4. The van der Waals surface area contributed by atoms with Gasteiger partial charge in [0.05, 0.1) is 17.1 Å². The van der Waals surface area contributed by atoms with E-state index in [0.717, 1.165) is 77.6 Å². The highest BCUT2D eigenvalue weighted by Gasteiger charge is 2.16. The van der Waals surface area contributed by atoms with Gasteiger partial charge in [0.15, 0.2) is 11.2 Å². The van der Waals surface area contributed by atoms with Crippen LogP contribution in [0.3, 0.4) is 0 Å². The van der Waals surface area contributed by atoms with Crippen molar-refractivity contribution in [3.05, 3.63) is 121 Å². The summed E-state index contributed by atoms with van der Waals surface area (Å²) < 4.78 is 12.5. The first-order valence-electron chi connectivity index (χ1n) is 12.6. The van der Waals surface area contributed by atoms with Crippen molar-refractivity contribution in [3.63, 3.8) is 0 Å². The molecular formula is C34H20N2O2. The van der Waals surface area contributed by atoms with Crippen molar-refractivity contribution in [2.45, 2.75) is 0 Å². The van der Waals surface area contributed by atoms with Gasteiger partial charge in [-0.1, -0.05) is 54.6 Å². The second kappa shape index (κ2) is 8.15. The standard InChI is InChI=1S/C34H20N2O2/c1-2-13-31-24(9-1)25-15-16-26-27-20-22(14-17-32(27)38-34(26)33(25)37-31)21-7-5-8-23(19-21)28-11-6-12-30(36-28)29-10-3-4-18-35-29/h1-20H. The molecule has 0 saturated carbocycles. The predicted molar refractivity (Wildman–Crippen MR) is 153 cm³/mol. The molecule has 0 unspecified atom stereocenters. The molecular weight excluding hydrogens is 468 g/mol. The van der Waals surface area contributed by atoms with Crippen LogP contribution >= 0.6 is 0 Å². The minimum absolute atomic E-state index is 0.787. The fraction of sp³-hybridized carbons (Fsp3) is 0. The zero-order chi connectivity index (χ0) is 25.1. The van der Waals surface area contributed by atoms with Crippen molar-refractivity contribution in [3.8, 4) is 33.8 Å². The maximum Gasteiger partial charge on any atom is 0.178 e. The van der Waals surface area contributed by atoms with Crippen LogP contribution in [0.2, 0.25) is 0 Å². The van der Waals surface area contributed by atoms with Gasteiger partial charge in [0.1, 0.15) is 11.2 Å². The van der Waals surface area contributed by atoms with Crippen molar-refractivity contribution in [1.82, 2.24) is 9.97 Å². The number of para-hydroxylation sites is 1. The molecule has 0 radical (unpaired) electrons. The molecule has 4 heteroatoms. The van der Waals surface area contributed by atoms with Crippen LogP contribution in [-0.4, -0.2) is 9.97 Å². The first kappa shape index (κ1) is 20.9. The van der Waals surface area contributed by atoms with Gasteiger partial charge in [-0.15, -0.1) is 0 Å². The number of aromatic nitrogens is 2. The van der Waals surface area contributed by atoms with Crippen LogP contribution in [-0.2, 0) is 0 Å². The number of pyridine rings is 2.